The first-order valence-electron chi connectivity index (χ1n) is 9.95. The van der Waals surface area contributed by atoms with Gasteiger partial charge in [-0.2, -0.15) is 0 Å². The third-order valence-electron chi connectivity index (χ3n) is 5.02. The molecular formula is C23H25FN6. The summed E-state index contributed by atoms with van der Waals surface area (Å²) in [6, 6.07) is 13.3. The Balaban J connectivity index is 1.29. The molecular weight excluding hydrogens is 379 g/mol. The molecule has 2 aromatic heterocycles. The topological polar surface area (TPSA) is 70.0 Å². The Morgan fingerprint density at radius 1 is 1.17 bits per heavy atom. The van der Waals surface area contributed by atoms with Crippen LogP contribution in [0.1, 0.15) is 16.7 Å². The van der Waals surface area contributed by atoms with Crippen molar-refractivity contribution in [1.82, 2.24) is 25.2 Å². The molecule has 0 spiro atoms. The van der Waals surface area contributed by atoms with Crippen molar-refractivity contribution in [3.63, 3.8) is 0 Å². The molecule has 3 N–H and O–H groups in total. The summed E-state index contributed by atoms with van der Waals surface area (Å²) in [6.07, 6.45) is 8.27. The molecule has 2 heterocycles. The highest BCUT2D eigenvalue weighted by Crippen LogP contribution is 2.19. The summed E-state index contributed by atoms with van der Waals surface area (Å²) in [5, 5.41) is 7.60. The first-order valence-corrected chi connectivity index (χ1v) is 9.95. The van der Waals surface area contributed by atoms with Crippen molar-refractivity contribution >= 4 is 16.9 Å². The Labute approximate surface area is 174 Å². The van der Waals surface area contributed by atoms with Gasteiger partial charge in [-0.05, 0) is 41.3 Å². The van der Waals surface area contributed by atoms with E-state index in [0.29, 0.717) is 13.1 Å². The number of imidazole rings is 1. The van der Waals surface area contributed by atoms with Crippen LogP contribution in [0.2, 0.25) is 0 Å². The number of fused-ring (bicyclic) bond motifs is 1. The average molecular weight is 404 g/mol. The van der Waals surface area contributed by atoms with Gasteiger partial charge in [0.05, 0.1) is 6.33 Å². The summed E-state index contributed by atoms with van der Waals surface area (Å²) in [5.74, 6) is 0.519. The number of aromatic nitrogens is 3. The lowest BCUT2D eigenvalue weighted by Crippen LogP contribution is -2.37. The van der Waals surface area contributed by atoms with Crippen molar-refractivity contribution in [1.29, 1.82) is 0 Å². The molecule has 0 bridgehead atoms. The predicted octanol–water partition coefficient (Wildman–Crippen LogP) is 3.46. The van der Waals surface area contributed by atoms with E-state index in [1.807, 2.05) is 23.3 Å². The molecule has 4 aromatic rings. The second kappa shape index (κ2) is 9.26. The smallest absolute Gasteiger partial charge is 0.191 e. The highest BCUT2D eigenvalue weighted by Gasteiger charge is 2.06. The molecule has 0 saturated carbocycles. The summed E-state index contributed by atoms with van der Waals surface area (Å²) in [6.45, 7) is 2.17. The van der Waals surface area contributed by atoms with Crippen molar-refractivity contribution in [2.75, 3.05) is 13.6 Å². The van der Waals surface area contributed by atoms with Crippen LogP contribution in [0.3, 0.4) is 0 Å². The van der Waals surface area contributed by atoms with Crippen LogP contribution in [0.15, 0.2) is 72.4 Å². The van der Waals surface area contributed by atoms with Gasteiger partial charge in [0.25, 0.3) is 0 Å². The van der Waals surface area contributed by atoms with Crippen LogP contribution >= 0.6 is 0 Å². The molecule has 0 aliphatic carbocycles. The zero-order valence-corrected chi connectivity index (χ0v) is 16.9. The zero-order valence-electron chi connectivity index (χ0n) is 16.9. The monoisotopic (exact) mass is 404 g/mol. The van der Waals surface area contributed by atoms with E-state index in [4.69, 9.17) is 0 Å². The Morgan fingerprint density at radius 2 is 2.07 bits per heavy atom. The Kier molecular flexibility index (Phi) is 6.08. The maximum absolute atomic E-state index is 13.5. The van der Waals surface area contributed by atoms with Crippen molar-refractivity contribution in [2.45, 2.75) is 19.5 Å². The van der Waals surface area contributed by atoms with Gasteiger partial charge >= 0.3 is 0 Å². The summed E-state index contributed by atoms with van der Waals surface area (Å²) in [5.41, 5.74) is 4.44. The summed E-state index contributed by atoms with van der Waals surface area (Å²) < 4.78 is 15.6. The maximum Gasteiger partial charge on any atom is 0.191 e. The summed E-state index contributed by atoms with van der Waals surface area (Å²) in [4.78, 5) is 11.6. The molecule has 30 heavy (non-hydrogen) atoms. The van der Waals surface area contributed by atoms with Gasteiger partial charge in [0.1, 0.15) is 5.82 Å². The second-order valence-corrected chi connectivity index (χ2v) is 7.16. The van der Waals surface area contributed by atoms with E-state index >= 15 is 0 Å². The standard InChI is InChI=1S/C23H25FN6/c1-25-23(27-8-7-19-14-28-22-6-5-20(24)12-21(19)22)29-13-17-3-2-4-18(11-17)15-30-10-9-26-16-30/h2-6,9-12,14,16,28H,7-8,13,15H2,1H3,(H2,25,27,29). The Hall–Kier alpha value is -3.61. The van der Waals surface area contributed by atoms with Crippen molar-refractivity contribution in [2.24, 2.45) is 4.99 Å². The zero-order chi connectivity index (χ0) is 20.8. The van der Waals surface area contributed by atoms with E-state index in [9.17, 15) is 4.39 Å². The van der Waals surface area contributed by atoms with E-state index < -0.39 is 0 Å². The Bertz CT molecular complexity index is 1130. The molecule has 0 aliphatic heterocycles. The molecule has 0 radical (unpaired) electrons. The third kappa shape index (κ3) is 4.86. The number of H-pyrrole nitrogens is 1. The fourth-order valence-electron chi connectivity index (χ4n) is 3.51. The number of benzene rings is 2. The van der Waals surface area contributed by atoms with Crippen LogP contribution in [-0.4, -0.2) is 34.1 Å². The van der Waals surface area contributed by atoms with Crippen LogP contribution < -0.4 is 10.6 Å². The lowest BCUT2D eigenvalue weighted by atomic mass is 10.1. The number of aromatic amines is 1. The first-order chi connectivity index (χ1) is 14.7. The van der Waals surface area contributed by atoms with Crippen molar-refractivity contribution in [3.05, 3.63) is 89.9 Å². The second-order valence-electron chi connectivity index (χ2n) is 7.16. The van der Waals surface area contributed by atoms with Crippen LogP contribution in [-0.2, 0) is 19.5 Å². The molecule has 6 nitrogen and oxygen atoms in total. The number of nitrogens with zero attached hydrogens (tertiary/aromatic N) is 3. The van der Waals surface area contributed by atoms with Gasteiger partial charge in [-0.3, -0.25) is 4.99 Å². The fraction of sp³-hybridized carbons (Fsp3) is 0.217. The molecule has 2 aromatic carbocycles. The van der Waals surface area contributed by atoms with Gasteiger partial charge in [0, 0.05) is 56.2 Å². The molecule has 0 amide bonds. The number of halogens is 1. The van der Waals surface area contributed by atoms with E-state index in [0.717, 1.165) is 35.4 Å². The normalized spacial score (nSPS) is 11.7. The molecule has 0 aliphatic rings. The van der Waals surface area contributed by atoms with Crippen molar-refractivity contribution < 1.29 is 4.39 Å². The Morgan fingerprint density at radius 3 is 2.90 bits per heavy atom. The highest BCUT2D eigenvalue weighted by molar-refractivity contribution is 5.83. The van der Waals surface area contributed by atoms with E-state index in [1.54, 1.807) is 25.4 Å². The largest absolute Gasteiger partial charge is 0.361 e. The quantitative estimate of drug-likeness (QED) is 0.326. The van der Waals surface area contributed by atoms with E-state index in [1.165, 1.54) is 17.2 Å². The molecule has 0 atom stereocenters. The molecule has 4 rings (SSSR count). The lowest BCUT2D eigenvalue weighted by Gasteiger charge is -2.12. The van der Waals surface area contributed by atoms with Crippen molar-refractivity contribution in [3.8, 4) is 0 Å². The highest BCUT2D eigenvalue weighted by atomic mass is 19.1. The minimum absolute atomic E-state index is 0.218. The van der Waals surface area contributed by atoms with E-state index in [-0.39, 0.29) is 5.82 Å². The maximum atomic E-state index is 13.5. The number of rotatable bonds is 7. The molecule has 154 valence electrons. The number of hydrogen-bond donors (Lipinski definition) is 3. The number of aliphatic imine (C=N–C) groups is 1. The fourth-order valence-corrected chi connectivity index (χ4v) is 3.51. The minimum Gasteiger partial charge on any atom is -0.361 e. The number of hydrogen-bond acceptors (Lipinski definition) is 2. The summed E-state index contributed by atoms with van der Waals surface area (Å²) in [7, 11) is 1.76. The van der Waals surface area contributed by atoms with Gasteiger partial charge < -0.3 is 20.2 Å². The van der Waals surface area contributed by atoms with Gasteiger partial charge in [-0.15, -0.1) is 0 Å². The van der Waals surface area contributed by atoms with E-state index in [2.05, 4.69) is 49.9 Å². The lowest BCUT2D eigenvalue weighted by molar-refractivity contribution is 0.629. The predicted molar refractivity (Wildman–Crippen MR) is 118 cm³/mol. The molecule has 0 saturated heterocycles. The summed E-state index contributed by atoms with van der Waals surface area (Å²) >= 11 is 0. The molecule has 0 fully saturated rings. The molecule has 7 heteroatoms. The SMILES string of the molecule is CN=C(NCCc1c[nH]c2ccc(F)cc12)NCc1cccc(Cn2ccnc2)c1. The minimum atomic E-state index is -0.218. The molecule has 0 unspecified atom stereocenters. The van der Waals surface area contributed by atoms with Crippen LogP contribution in [0.5, 0.6) is 0 Å². The van der Waals surface area contributed by atoms with Gasteiger partial charge in [0.2, 0.25) is 0 Å². The first kappa shape index (κ1) is 19.7. The number of nitrogens with one attached hydrogen (secondary N) is 3. The van der Waals surface area contributed by atoms with Crippen LogP contribution in [0, 0.1) is 5.82 Å². The third-order valence-corrected chi connectivity index (χ3v) is 5.02. The van der Waals surface area contributed by atoms with Crippen LogP contribution in [0.4, 0.5) is 4.39 Å². The average Bonchev–Trinajstić information content (AvgIpc) is 3.40. The van der Waals surface area contributed by atoms with Crippen LogP contribution in [0.25, 0.3) is 10.9 Å². The van der Waals surface area contributed by atoms with Gasteiger partial charge in [0.15, 0.2) is 5.96 Å². The number of guanidine groups is 1. The van der Waals surface area contributed by atoms with Gasteiger partial charge in [-0.25, -0.2) is 9.37 Å². The van der Waals surface area contributed by atoms with Gasteiger partial charge in [-0.1, -0.05) is 24.3 Å².